The van der Waals surface area contributed by atoms with Gasteiger partial charge >= 0.3 is 0 Å². The number of nitrogens with one attached hydrogen (secondary N) is 1. The summed E-state index contributed by atoms with van der Waals surface area (Å²) < 4.78 is 19.3. The Labute approximate surface area is 191 Å². The van der Waals surface area contributed by atoms with E-state index in [0.717, 1.165) is 5.56 Å². The molecule has 0 radical (unpaired) electrons. The van der Waals surface area contributed by atoms with Crippen molar-refractivity contribution >= 4 is 51.3 Å². The minimum absolute atomic E-state index is 0.0941. The van der Waals surface area contributed by atoms with Crippen LogP contribution in [0.2, 0.25) is 10.0 Å². The molecule has 0 fully saturated rings. The molecule has 4 nitrogen and oxygen atoms in total. The summed E-state index contributed by atoms with van der Waals surface area (Å²) in [6.45, 7) is 0.269. The van der Waals surface area contributed by atoms with Crippen LogP contribution >= 0.6 is 39.1 Å². The minimum Gasteiger partial charge on any atom is -0.486 e. The average molecular weight is 510 g/mol. The number of carbonyl (C=O) groups is 1. The fourth-order valence-electron chi connectivity index (χ4n) is 2.56. The second kappa shape index (κ2) is 10.6. The molecule has 0 spiro atoms. The summed E-state index contributed by atoms with van der Waals surface area (Å²) in [4.78, 5) is 11.9. The molecule has 0 aliphatic rings. The topological polar surface area (TPSA) is 50.7 Å². The number of nitrogens with zero attached hydrogens (tertiary/aromatic N) is 1. The van der Waals surface area contributed by atoms with Gasteiger partial charge in [0.15, 0.2) is 5.75 Å². The Morgan fingerprint density at radius 3 is 2.53 bits per heavy atom. The first-order valence-corrected chi connectivity index (χ1v) is 10.4. The number of rotatable bonds is 7. The van der Waals surface area contributed by atoms with Crippen LogP contribution in [0.1, 0.15) is 16.7 Å². The number of amides is 1. The predicted molar refractivity (Wildman–Crippen MR) is 121 cm³/mol. The molecule has 0 aromatic heterocycles. The van der Waals surface area contributed by atoms with E-state index >= 15 is 0 Å². The van der Waals surface area contributed by atoms with Crippen molar-refractivity contribution in [3.8, 4) is 5.75 Å². The third-order valence-electron chi connectivity index (χ3n) is 4.03. The normalized spacial score (nSPS) is 10.9. The van der Waals surface area contributed by atoms with Crippen molar-refractivity contribution in [3.05, 3.63) is 97.7 Å². The van der Waals surface area contributed by atoms with Gasteiger partial charge in [0.1, 0.15) is 12.4 Å². The zero-order chi connectivity index (χ0) is 21.5. The summed E-state index contributed by atoms with van der Waals surface area (Å²) in [5.74, 6) is -0.185. The van der Waals surface area contributed by atoms with Crippen molar-refractivity contribution in [2.45, 2.75) is 13.0 Å². The lowest BCUT2D eigenvalue weighted by molar-refractivity contribution is -0.120. The molecular weight excluding hydrogens is 494 g/mol. The van der Waals surface area contributed by atoms with Gasteiger partial charge in [0.05, 0.1) is 22.1 Å². The summed E-state index contributed by atoms with van der Waals surface area (Å²) >= 11 is 15.9. The summed E-state index contributed by atoms with van der Waals surface area (Å²) in [5.41, 5.74) is 4.63. The van der Waals surface area contributed by atoms with Crippen LogP contribution in [0.4, 0.5) is 4.39 Å². The molecule has 3 aromatic carbocycles. The van der Waals surface area contributed by atoms with E-state index in [9.17, 15) is 9.18 Å². The molecule has 0 unspecified atom stereocenters. The third-order valence-corrected chi connectivity index (χ3v) is 5.27. The monoisotopic (exact) mass is 508 g/mol. The predicted octanol–water partition coefficient (Wildman–Crippen LogP) is 6.17. The Bertz CT molecular complexity index is 1050. The molecule has 30 heavy (non-hydrogen) atoms. The first kappa shape index (κ1) is 22.3. The van der Waals surface area contributed by atoms with Gasteiger partial charge in [-0.3, -0.25) is 4.79 Å². The highest BCUT2D eigenvalue weighted by molar-refractivity contribution is 9.10. The van der Waals surface area contributed by atoms with Gasteiger partial charge in [-0.05, 0) is 57.4 Å². The van der Waals surface area contributed by atoms with E-state index in [2.05, 4.69) is 26.5 Å². The summed E-state index contributed by atoms with van der Waals surface area (Å²) in [6, 6.07) is 16.6. The molecule has 0 atom stereocenters. The summed E-state index contributed by atoms with van der Waals surface area (Å²) in [5, 5.41) is 4.94. The Balaban J connectivity index is 1.59. The second-order valence-corrected chi connectivity index (χ2v) is 7.96. The SMILES string of the molecule is O=C(Cc1ccc(F)cc1)N/N=C/c1cc(Cl)c(OCc2ccccc2Cl)c(Br)c1. The smallest absolute Gasteiger partial charge is 0.244 e. The van der Waals surface area contributed by atoms with Crippen molar-refractivity contribution in [2.24, 2.45) is 5.10 Å². The maximum Gasteiger partial charge on any atom is 0.244 e. The summed E-state index contributed by atoms with van der Waals surface area (Å²) in [7, 11) is 0. The molecule has 1 amide bonds. The van der Waals surface area contributed by atoms with Crippen molar-refractivity contribution in [3.63, 3.8) is 0 Å². The number of ether oxygens (including phenoxy) is 1. The fraction of sp³-hybridized carbons (Fsp3) is 0.0909. The molecule has 0 saturated carbocycles. The highest BCUT2D eigenvalue weighted by Crippen LogP contribution is 2.35. The molecule has 154 valence electrons. The lowest BCUT2D eigenvalue weighted by atomic mass is 10.1. The lowest BCUT2D eigenvalue weighted by Gasteiger charge is -2.12. The Hall–Kier alpha value is -2.41. The number of halogens is 4. The lowest BCUT2D eigenvalue weighted by Crippen LogP contribution is -2.19. The largest absolute Gasteiger partial charge is 0.486 e. The van der Waals surface area contributed by atoms with Crippen LogP contribution in [0.25, 0.3) is 0 Å². The molecule has 0 aliphatic heterocycles. The molecule has 0 saturated heterocycles. The van der Waals surface area contributed by atoms with Gasteiger partial charge in [-0.25, -0.2) is 9.82 Å². The van der Waals surface area contributed by atoms with Crippen LogP contribution in [-0.4, -0.2) is 12.1 Å². The standard InChI is InChI=1S/C22H16BrCl2FN2O2/c23-18-9-15(12-27-28-21(29)11-14-5-7-17(26)8-6-14)10-20(25)22(18)30-13-16-3-1-2-4-19(16)24/h1-10,12H,11,13H2,(H,28,29)/b27-12+. The van der Waals surface area contributed by atoms with Crippen LogP contribution in [0.15, 0.2) is 70.2 Å². The van der Waals surface area contributed by atoms with Gasteiger partial charge in [-0.2, -0.15) is 5.10 Å². The number of hydrogen-bond acceptors (Lipinski definition) is 3. The molecular formula is C22H16BrCl2FN2O2. The van der Waals surface area contributed by atoms with Gasteiger partial charge in [0, 0.05) is 10.6 Å². The Kier molecular flexibility index (Phi) is 7.85. The molecule has 0 aliphatic carbocycles. The Morgan fingerprint density at radius 2 is 1.83 bits per heavy atom. The first-order valence-electron chi connectivity index (χ1n) is 8.84. The number of hydrazone groups is 1. The van der Waals surface area contributed by atoms with E-state index in [-0.39, 0.29) is 24.8 Å². The number of carbonyl (C=O) groups excluding carboxylic acids is 1. The number of benzene rings is 3. The minimum atomic E-state index is -0.348. The van der Waals surface area contributed by atoms with E-state index in [1.54, 1.807) is 30.3 Å². The molecule has 8 heteroatoms. The van der Waals surface area contributed by atoms with E-state index in [0.29, 0.717) is 31.4 Å². The molecule has 0 heterocycles. The van der Waals surface area contributed by atoms with Crippen LogP contribution in [-0.2, 0) is 17.8 Å². The molecule has 3 aromatic rings. The van der Waals surface area contributed by atoms with E-state index in [1.807, 2.05) is 18.2 Å². The zero-order valence-corrected chi connectivity index (χ0v) is 18.6. The van der Waals surface area contributed by atoms with Gasteiger partial charge in [-0.15, -0.1) is 0 Å². The number of hydrogen-bond donors (Lipinski definition) is 1. The van der Waals surface area contributed by atoms with E-state index in [1.165, 1.54) is 18.3 Å². The van der Waals surface area contributed by atoms with Gasteiger partial charge < -0.3 is 4.74 Å². The highest BCUT2D eigenvalue weighted by Gasteiger charge is 2.10. The van der Waals surface area contributed by atoms with Crippen LogP contribution in [0.5, 0.6) is 5.75 Å². The van der Waals surface area contributed by atoms with Gasteiger partial charge in [0.2, 0.25) is 5.91 Å². The molecule has 3 rings (SSSR count). The summed E-state index contributed by atoms with van der Waals surface area (Å²) in [6.07, 6.45) is 1.56. The second-order valence-electron chi connectivity index (χ2n) is 6.29. The Morgan fingerprint density at radius 1 is 1.10 bits per heavy atom. The van der Waals surface area contributed by atoms with E-state index in [4.69, 9.17) is 27.9 Å². The van der Waals surface area contributed by atoms with Crippen molar-refractivity contribution in [1.82, 2.24) is 5.43 Å². The molecule has 1 N–H and O–H groups in total. The third kappa shape index (κ3) is 6.29. The fourth-order valence-corrected chi connectivity index (χ4v) is 3.74. The maximum absolute atomic E-state index is 12.9. The van der Waals surface area contributed by atoms with Crippen molar-refractivity contribution in [2.75, 3.05) is 0 Å². The molecule has 0 bridgehead atoms. The van der Waals surface area contributed by atoms with Gasteiger partial charge in [-0.1, -0.05) is 53.5 Å². The zero-order valence-electron chi connectivity index (χ0n) is 15.5. The van der Waals surface area contributed by atoms with Crippen molar-refractivity contribution < 1.29 is 13.9 Å². The van der Waals surface area contributed by atoms with Crippen LogP contribution in [0.3, 0.4) is 0 Å². The van der Waals surface area contributed by atoms with E-state index < -0.39 is 0 Å². The van der Waals surface area contributed by atoms with Crippen LogP contribution in [0, 0.1) is 5.82 Å². The quantitative estimate of drug-likeness (QED) is 0.306. The average Bonchev–Trinajstić information content (AvgIpc) is 2.70. The first-order chi connectivity index (χ1) is 14.4. The van der Waals surface area contributed by atoms with Crippen LogP contribution < -0.4 is 10.2 Å². The maximum atomic E-state index is 12.9. The van der Waals surface area contributed by atoms with Crippen molar-refractivity contribution in [1.29, 1.82) is 0 Å². The highest BCUT2D eigenvalue weighted by atomic mass is 79.9. The van der Waals surface area contributed by atoms with Gasteiger partial charge in [0.25, 0.3) is 0 Å².